The monoisotopic (exact) mass is 338 g/mol. The van der Waals surface area contributed by atoms with Crippen LogP contribution in [0.1, 0.15) is 5.56 Å². The van der Waals surface area contributed by atoms with Crippen molar-refractivity contribution in [2.24, 2.45) is 0 Å². The van der Waals surface area contributed by atoms with Gasteiger partial charge in [-0.2, -0.15) is 0 Å². The summed E-state index contributed by atoms with van der Waals surface area (Å²) in [4.78, 5) is 0. The van der Waals surface area contributed by atoms with Gasteiger partial charge in [0.15, 0.2) is 5.82 Å². The molecule has 0 aliphatic heterocycles. The summed E-state index contributed by atoms with van der Waals surface area (Å²) in [5.41, 5.74) is 1.52. The highest BCUT2D eigenvalue weighted by Crippen LogP contribution is 2.28. The molecule has 0 radical (unpaired) electrons. The minimum absolute atomic E-state index is 0.367. The van der Waals surface area contributed by atoms with Crippen LogP contribution in [0.4, 0.5) is 0 Å². The Kier molecular flexibility index (Phi) is 4.10. The quantitative estimate of drug-likeness (QED) is 0.712. The first-order chi connectivity index (χ1) is 10.2. The summed E-state index contributed by atoms with van der Waals surface area (Å²) in [5, 5.41) is 13.5. The summed E-state index contributed by atoms with van der Waals surface area (Å²) in [7, 11) is 0. The summed E-state index contributed by atoms with van der Waals surface area (Å²) in [6.07, 6.45) is 0. The molecule has 0 saturated heterocycles. The van der Waals surface area contributed by atoms with Crippen molar-refractivity contribution in [1.29, 1.82) is 0 Å². The Morgan fingerprint density at radius 2 is 1.52 bits per heavy atom. The largest absolute Gasteiger partial charge is 0.221 e. The average molecular weight is 340 g/mol. The second kappa shape index (κ2) is 6.02. The second-order valence-electron chi connectivity index (χ2n) is 4.34. The molecule has 0 unspecified atom stereocenters. The Hall–Kier alpha value is -1.62. The number of nitrogens with zero attached hydrogens (tertiary/aromatic N) is 4. The number of hydrogen-bond donors (Lipinski definition) is 0. The summed E-state index contributed by atoms with van der Waals surface area (Å²) in [5.74, 6) is 0.566. The lowest BCUT2D eigenvalue weighted by Crippen LogP contribution is -2.05. The molecule has 0 amide bonds. The Morgan fingerprint density at radius 3 is 2.24 bits per heavy atom. The van der Waals surface area contributed by atoms with Gasteiger partial charge in [-0.3, -0.25) is 0 Å². The van der Waals surface area contributed by atoms with Crippen LogP contribution in [0.3, 0.4) is 0 Å². The molecule has 0 atom stereocenters. The van der Waals surface area contributed by atoms with Gasteiger partial charge in [0.25, 0.3) is 0 Å². The molecule has 1 heterocycles. The SMILES string of the molecule is Clc1ccccc1-c1nnnn1Cc1c(Cl)cccc1Cl. The van der Waals surface area contributed by atoms with E-state index in [1.165, 1.54) is 0 Å². The number of rotatable bonds is 3. The standard InChI is InChI=1S/C14H9Cl3N4/c15-11-5-2-1-4-9(11)14-18-19-20-21(14)8-10-12(16)6-3-7-13(10)17/h1-7H,8H2. The summed E-state index contributed by atoms with van der Waals surface area (Å²) < 4.78 is 1.62. The number of tetrazole rings is 1. The second-order valence-corrected chi connectivity index (χ2v) is 5.56. The number of benzene rings is 2. The lowest BCUT2D eigenvalue weighted by atomic mass is 10.2. The highest BCUT2D eigenvalue weighted by Gasteiger charge is 2.14. The van der Waals surface area contributed by atoms with Gasteiger partial charge in [-0.15, -0.1) is 5.10 Å². The van der Waals surface area contributed by atoms with Gasteiger partial charge in [-0.1, -0.05) is 53.0 Å². The third-order valence-corrected chi connectivity index (χ3v) is 4.05. The van der Waals surface area contributed by atoms with Crippen LogP contribution < -0.4 is 0 Å². The molecule has 7 heteroatoms. The van der Waals surface area contributed by atoms with E-state index in [0.717, 1.165) is 11.1 Å². The van der Waals surface area contributed by atoms with E-state index in [0.29, 0.717) is 27.4 Å². The first kappa shape index (κ1) is 14.3. The Morgan fingerprint density at radius 1 is 0.857 bits per heavy atom. The maximum Gasteiger partial charge on any atom is 0.183 e. The first-order valence-electron chi connectivity index (χ1n) is 6.11. The maximum absolute atomic E-state index is 6.19. The zero-order chi connectivity index (χ0) is 14.8. The van der Waals surface area contributed by atoms with E-state index in [-0.39, 0.29) is 0 Å². The van der Waals surface area contributed by atoms with Crippen molar-refractivity contribution in [2.45, 2.75) is 6.54 Å². The van der Waals surface area contributed by atoms with E-state index in [1.54, 1.807) is 28.9 Å². The summed E-state index contributed by atoms with van der Waals surface area (Å²) in [6, 6.07) is 12.7. The van der Waals surface area contributed by atoms with Crippen molar-refractivity contribution in [2.75, 3.05) is 0 Å². The van der Waals surface area contributed by atoms with Crippen molar-refractivity contribution >= 4 is 34.8 Å². The van der Waals surface area contributed by atoms with Gasteiger partial charge < -0.3 is 0 Å². The van der Waals surface area contributed by atoms with E-state index in [1.807, 2.05) is 18.2 Å². The third kappa shape index (κ3) is 2.88. The zero-order valence-electron chi connectivity index (χ0n) is 10.7. The van der Waals surface area contributed by atoms with Crippen molar-refractivity contribution in [3.05, 3.63) is 63.1 Å². The fourth-order valence-electron chi connectivity index (χ4n) is 1.98. The van der Waals surface area contributed by atoms with E-state index >= 15 is 0 Å². The molecular formula is C14H9Cl3N4. The van der Waals surface area contributed by atoms with Crippen molar-refractivity contribution < 1.29 is 0 Å². The highest BCUT2D eigenvalue weighted by atomic mass is 35.5. The number of aromatic nitrogens is 4. The van der Waals surface area contributed by atoms with Gasteiger partial charge in [-0.25, -0.2) is 4.68 Å². The highest BCUT2D eigenvalue weighted by molar-refractivity contribution is 6.36. The van der Waals surface area contributed by atoms with E-state index in [9.17, 15) is 0 Å². The van der Waals surface area contributed by atoms with Crippen LogP contribution in [0.2, 0.25) is 15.1 Å². The molecule has 0 fully saturated rings. The molecule has 3 aromatic rings. The molecule has 0 spiro atoms. The minimum Gasteiger partial charge on any atom is -0.221 e. The zero-order valence-corrected chi connectivity index (χ0v) is 12.9. The average Bonchev–Trinajstić information content (AvgIpc) is 2.92. The molecule has 2 aromatic carbocycles. The molecule has 0 N–H and O–H groups in total. The van der Waals surface area contributed by atoms with E-state index < -0.39 is 0 Å². The van der Waals surface area contributed by atoms with Crippen LogP contribution in [0.15, 0.2) is 42.5 Å². The molecule has 0 aliphatic rings. The minimum atomic E-state index is 0.367. The fraction of sp³-hybridized carbons (Fsp3) is 0.0714. The lowest BCUT2D eigenvalue weighted by Gasteiger charge is -2.09. The predicted molar refractivity (Wildman–Crippen MR) is 83.8 cm³/mol. The van der Waals surface area contributed by atoms with Gasteiger partial charge in [-0.05, 0) is 34.7 Å². The molecular weight excluding hydrogens is 331 g/mol. The van der Waals surface area contributed by atoms with Crippen molar-refractivity contribution in [1.82, 2.24) is 20.2 Å². The van der Waals surface area contributed by atoms with Crippen molar-refractivity contribution in [3.63, 3.8) is 0 Å². The van der Waals surface area contributed by atoms with Gasteiger partial charge in [0.05, 0.1) is 11.6 Å². The first-order valence-corrected chi connectivity index (χ1v) is 7.24. The molecule has 3 rings (SSSR count). The van der Waals surface area contributed by atoms with Crippen LogP contribution in [0, 0.1) is 0 Å². The third-order valence-electron chi connectivity index (χ3n) is 3.02. The molecule has 0 aliphatic carbocycles. The maximum atomic E-state index is 6.19. The Bertz CT molecular complexity index is 765. The van der Waals surface area contributed by atoms with E-state index in [4.69, 9.17) is 34.8 Å². The predicted octanol–water partition coefficient (Wildman–Crippen LogP) is 4.35. The van der Waals surface area contributed by atoms with E-state index in [2.05, 4.69) is 15.5 Å². The fourth-order valence-corrected chi connectivity index (χ4v) is 2.72. The van der Waals surface area contributed by atoms with Crippen LogP contribution in [-0.4, -0.2) is 20.2 Å². The smallest absolute Gasteiger partial charge is 0.183 e. The van der Waals surface area contributed by atoms with Crippen molar-refractivity contribution in [3.8, 4) is 11.4 Å². The summed E-state index contributed by atoms with van der Waals surface area (Å²) in [6.45, 7) is 0.367. The molecule has 21 heavy (non-hydrogen) atoms. The Balaban J connectivity index is 2.03. The van der Waals surface area contributed by atoms with Gasteiger partial charge in [0.1, 0.15) is 0 Å². The van der Waals surface area contributed by atoms with Gasteiger partial charge in [0, 0.05) is 21.2 Å². The lowest BCUT2D eigenvalue weighted by molar-refractivity contribution is 0.653. The Labute approximate surface area is 136 Å². The molecule has 106 valence electrons. The van der Waals surface area contributed by atoms with Gasteiger partial charge >= 0.3 is 0 Å². The molecule has 0 saturated carbocycles. The molecule has 4 nitrogen and oxygen atoms in total. The van der Waals surface area contributed by atoms with Crippen LogP contribution >= 0.6 is 34.8 Å². The number of hydrogen-bond acceptors (Lipinski definition) is 3. The number of halogens is 3. The molecule has 0 bridgehead atoms. The van der Waals surface area contributed by atoms with Crippen LogP contribution in [0.5, 0.6) is 0 Å². The topological polar surface area (TPSA) is 43.6 Å². The van der Waals surface area contributed by atoms with Crippen LogP contribution in [0.25, 0.3) is 11.4 Å². The molecule has 1 aromatic heterocycles. The normalized spacial score (nSPS) is 10.8. The van der Waals surface area contributed by atoms with Gasteiger partial charge in [0.2, 0.25) is 0 Å². The summed E-state index contributed by atoms with van der Waals surface area (Å²) >= 11 is 18.6. The van der Waals surface area contributed by atoms with Crippen LogP contribution in [-0.2, 0) is 6.54 Å².